The molecule has 1 heterocycles. The molecule has 29 heavy (non-hydrogen) atoms. The molecule has 0 unspecified atom stereocenters. The van der Waals surface area contributed by atoms with E-state index in [2.05, 4.69) is 21.0 Å². The molecule has 0 saturated heterocycles. The number of hydrazine groups is 1. The molecular formula is C20H20FN5O2S. The number of halogens is 1. The van der Waals surface area contributed by atoms with Gasteiger partial charge in [-0.2, -0.15) is 0 Å². The molecule has 2 aromatic carbocycles. The molecule has 2 N–H and O–H groups in total. The zero-order chi connectivity index (χ0) is 21.0. The van der Waals surface area contributed by atoms with Gasteiger partial charge in [-0.1, -0.05) is 23.9 Å². The summed E-state index contributed by atoms with van der Waals surface area (Å²) in [5.74, 6) is -0.625. The molecule has 0 aliphatic heterocycles. The molecular weight excluding hydrogens is 393 g/mol. The Morgan fingerprint density at radius 1 is 1.03 bits per heavy atom. The van der Waals surface area contributed by atoms with Gasteiger partial charge in [-0.25, -0.2) is 4.39 Å². The normalized spacial score (nSPS) is 10.6. The van der Waals surface area contributed by atoms with Crippen molar-refractivity contribution < 1.29 is 14.0 Å². The summed E-state index contributed by atoms with van der Waals surface area (Å²) >= 11 is 1.21. The fourth-order valence-electron chi connectivity index (χ4n) is 2.64. The second kappa shape index (κ2) is 8.87. The predicted molar refractivity (Wildman–Crippen MR) is 108 cm³/mol. The number of thioether (sulfide) groups is 1. The van der Waals surface area contributed by atoms with Crippen molar-refractivity contribution in [3.63, 3.8) is 0 Å². The van der Waals surface area contributed by atoms with Crippen LogP contribution in [0.3, 0.4) is 0 Å². The molecule has 150 valence electrons. The van der Waals surface area contributed by atoms with E-state index in [9.17, 15) is 14.0 Å². The van der Waals surface area contributed by atoms with Gasteiger partial charge in [0.1, 0.15) is 11.6 Å². The van der Waals surface area contributed by atoms with E-state index in [0.29, 0.717) is 11.0 Å². The summed E-state index contributed by atoms with van der Waals surface area (Å²) in [6, 6.07) is 11.1. The van der Waals surface area contributed by atoms with Crippen molar-refractivity contribution in [2.24, 2.45) is 0 Å². The smallest absolute Gasteiger partial charge is 0.269 e. The van der Waals surface area contributed by atoms with E-state index in [4.69, 9.17) is 0 Å². The maximum Gasteiger partial charge on any atom is 0.269 e. The molecule has 3 rings (SSSR count). The van der Waals surface area contributed by atoms with Crippen LogP contribution in [-0.2, 0) is 4.79 Å². The lowest BCUT2D eigenvalue weighted by Gasteiger charge is -2.12. The van der Waals surface area contributed by atoms with Crippen molar-refractivity contribution in [2.75, 3.05) is 5.75 Å². The van der Waals surface area contributed by atoms with Gasteiger partial charge >= 0.3 is 0 Å². The fraction of sp³-hybridized carbons (Fsp3) is 0.200. The van der Waals surface area contributed by atoms with Crippen molar-refractivity contribution in [1.29, 1.82) is 0 Å². The first kappa shape index (κ1) is 20.5. The van der Waals surface area contributed by atoms with E-state index in [1.165, 1.54) is 36.0 Å². The lowest BCUT2D eigenvalue weighted by atomic mass is 10.1. The van der Waals surface area contributed by atoms with E-state index >= 15 is 0 Å². The SMILES string of the molecule is Cc1ccc(C)c(-n2c(C)nnc2SCC(=O)NNC(=O)c2ccc(F)cc2)c1. The summed E-state index contributed by atoms with van der Waals surface area (Å²) in [7, 11) is 0. The fourth-order valence-corrected chi connectivity index (χ4v) is 3.43. The van der Waals surface area contributed by atoms with Gasteiger partial charge in [0.15, 0.2) is 5.16 Å². The molecule has 0 saturated carbocycles. The van der Waals surface area contributed by atoms with Gasteiger partial charge in [0, 0.05) is 5.56 Å². The van der Waals surface area contributed by atoms with Gasteiger partial charge in [-0.05, 0) is 62.2 Å². The summed E-state index contributed by atoms with van der Waals surface area (Å²) in [5.41, 5.74) is 8.02. The Bertz CT molecular complexity index is 1050. The summed E-state index contributed by atoms with van der Waals surface area (Å²) in [5, 5.41) is 8.86. The molecule has 0 fully saturated rings. The highest BCUT2D eigenvalue weighted by atomic mass is 32.2. The number of nitrogens with one attached hydrogen (secondary N) is 2. The van der Waals surface area contributed by atoms with E-state index in [-0.39, 0.29) is 11.3 Å². The molecule has 2 amide bonds. The van der Waals surface area contributed by atoms with Gasteiger partial charge in [0.25, 0.3) is 5.91 Å². The highest BCUT2D eigenvalue weighted by molar-refractivity contribution is 7.99. The number of hydrogen-bond donors (Lipinski definition) is 2. The first-order valence-electron chi connectivity index (χ1n) is 8.82. The number of carbonyl (C=O) groups excluding carboxylic acids is 2. The van der Waals surface area contributed by atoms with Crippen LogP contribution in [0, 0.1) is 26.6 Å². The Labute approximate surface area is 171 Å². The lowest BCUT2D eigenvalue weighted by Crippen LogP contribution is -2.42. The minimum atomic E-state index is -0.530. The Morgan fingerprint density at radius 2 is 1.76 bits per heavy atom. The molecule has 0 aliphatic carbocycles. The van der Waals surface area contributed by atoms with Crippen LogP contribution in [0.25, 0.3) is 5.69 Å². The molecule has 1 aromatic heterocycles. The molecule has 0 aliphatic rings. The summed E-state index contributed by atoms with van der Waals surface area (Å²) in [4.78, 5) is 24.1. The number of nitrogens with zero attached hydrogens (tertiary/aromatic N) is 3. The van der Waals surface area contributed by atoms with Gasteiger partial charge in [0.05, 0.1) is 11.4 Å². The van der Waals surface area contributed by atoms with Crippen LogP contribution in [-0.4, -0.2) is 32.3 Å². The zero-order valence-electron chi connectivity index (χ0n) is 16.2. The molecule has 0 bridgehead atoms. The number of aryl methyl sites for hydroxylation is 3. The van der Waals surface area contributed by atoms with Crippen LogP contribution in [0.5, 0.6) is 0 Å². The Morgan fingerprint density at radius 3 is 2.48 bits per heavy atom. The molecule has 9 heteroatoms. The number of hydrogen-bond acceptors (Lipinski definition) is 5. The number of benzene rings is 2. The Hall–Kier alpha value is -3.20. The molecule has 3 aromatic rings. The number of rotatable bonds is 5. The molecule has 0 spiro atoms. The second-order valence-corrected chi connectivity index (χ2v) is 7.40. The third kappa shape index (κ3) is 5.00. The summed E-state index contributed by atoms with van der Waals surface area (Å²) in [6.07, 6.45) is 0. The van der Waals surface area contributed by atoms with Crippen LogP contribution < -0.4 is 10.9 Å². The summed E-state index contributed by atoms with van der Waals surface area (Å²) in [6.45, 7) is 5.86. The third-order valence-electron chi connectivity index (χ3n) is 4.15. The topological polar surface area (TPSA) is 88.9 Å². The number of amides is 2. The van der Waals surface area contributed by atoms with Crippen LogP contribution in [0.1, 0.15) is 27.3 Å². The average Bonchev–Trinajstić information content (AvgIpc) is 3.07. The summed E-state index contributed by atoms with van der Waals surface area (Å²) < 4.78 is 14.8. The first-order valence-corrected chi connectivity index (χ1v) is 9.81. The van der Waals surface area contributed by atoms with Gasteiger partial charge < -0.3 is 0 Å². The standard InChI is InChI=1S/C20H20FN5O2S/c1-12-4-5-13(2)17(10-12)26-14(3)22-25-20(26)29-11-18(27)23-24-19(28)15-6-8-16(21)9-7-15/h4-10H,11H2,1-3H3,(H,23,27)(H,24,28). The van der Waals surface area contributed by atoms with E-state index < -0.39 is 17.6 Å². The lowest BCUT2D eigenvalue weighted by molar-refractivity contribution is -0.119. The van der Waals surface area contributed by atoms with Gasteiger partial charge in [-0.3, -0.25) is 25.0 Å². The maximum absolute atomic E-state index is 12.9. The van der Waals surface area contributed by atoms with Crippen LogP contribution >= 0.6 is 11.8 Å². The van der Waals surface area contributed by atoms with Crippen molar-refractivity contribution in [3.8, 4) is 5.69 Å². The average molecular weight is 413 g/mol. The quantitative estimate of drug-likeness (QED) is 0.496. The third-order valence-corrected chi connectivity index (χ3v) is 5.08. The number of aromatic nitrogens is 3. The van der Waals surface area contributed by atoms with Crippen molar-refractivity contribution in [1.82, 2.24) is 25.6 Å². The van der Waals surface area contributed by atoms with Crippen molar-refractivity contribution in [3.05, 3.63) is 70.8 Å². The van der Waals surface area contributed by atoms with E-state index in [1.807, 2.05) is 43.5 Å². The minimum absolute atomic E-state index is 0.0344. The predicted octanol–water partition coefficient (Wildman–Crippen LogP) is 2.88. The van der Waals surface area contributed by atoms with Crippen molar-refractivity contribution >= 4 is 23.6 Å². The van der Waals surface area contributed by atoms with Crippen molar-refractivity contribution in [2.45, 2.75) is 25.9 Å². The van der Waals surface area contributed by atoms with E-state index in [1.54, 1.807) is 0 Å². The number of carbonyl (C=O) groups is 2. The maximum atomic E-state index is 12.9. The first-order chi connectivity index (χ1) is 13.8. The minimum Gasteiger partial charge on any atom is -0.274 e. The van der Waals surface area contributed by atoms with Crippen LogP contribution in [0.15, 0.2) is 47.6 Å². The Kier molecular flexibility index (Phi) is 6.28. The van der Waals surface area contributed by atoms with Gasteiger partial charge in [0.2, 0.25) is 5.91 Å². The van der Waals surface area contributed by atoms with Crippen LogP contribution in [0.2, 0.25) is 0 Å². The molecule has 7 nitrogen and oxygen atoms in total. The highest BCUT2D eigenvalue weighted by Crippen LogP contribution is 2.24. The molecule has 0 atom stereocenters. The van der Waals surface area contributed by atoms with E-state index in [0.717, 1.165) is 16.8 Å². The second-order valence-electron chi connectivity index (χ2n) is 6.45. The largest absolute Gasteiger partial charge is 0.274 e. The highest BCUT2D eigenvalue weighted by Gasteiger charge is 2.15. The molecule has 0 radical (unpaired) electrons. The zero-order valence-corrected chi connectivity index (χ0v) is 17.0. The van der Waals surface area contributed by atoms with Gasteiger partial charge in [-0.15, -0.1) is 10.2 Å². The Balaban J connectivity index is 1.62. The monoisotopic (exact) mass is 413 g/mol. The van der Waals surface area contributed by atoms with Crippen LogP contribution in [0.4, 0.5) is 4.39 Å².